The van der Waals surface area contributed by atoms with Crippen LogP contribution in [-0.4, -0.2) is 30.7 Å². The molecular weight excluding hydrogens is 368 g/mol. The van der Waals surface area contributed by atoms with Gasteiger partial charge in [0.25, 0.3) is 5.91 Å². The van der Waals surface area contributed by atoms with E-state index in [4.69, 9.17) is 14.2 Å². The number of ether oxygens (including phenoxy) is 3. The largest absolute Gasteiger partial charge is 0.490 e. The van der Waals surface area contributed by atoms with Gasteiger partial charge in [-0.2, -0.15) is 0 Å². The predicted octanol–water partition coefficient (Wildman–Crippen LogP) is 4.85. The Bertz CT molecular complexity index is 924. The van der Waals surface area contributed by atoms with E-state index in [1.54, 1.807) is 36.5 Å². The Labute approximate surface area is 170 Å². The second-order valence-electron chi connectivity index (χ2n) is 6.30. The van der Waals surface area contributed by atoms with E-state index in [1.807, 2.05) is 44.2 Å². The zero-order valence-electron chi connectivity index (χ0n) is 16.6. The van der Waals surface area contributed by atoms with Gasteiger partial charge in [0.2, 0.25) is 5.88 Å². The van der Waals surface area contributed by atoms with Crippen LogP contribution in [-0.2, 0) is 4.74 Å². The minimum atomic E-state index is -0.272. The maximum absolute atomic E-state index is 12.7. The molecule has 0 aliphatic heterocycles. The fourth-order valence-corrected chi connectivity index (χ4v) is 2.58. The number of pyridine rings is 1. The number of anilines is 1. The van der Waals surface area contributed by atoms with Crippen molar-refractivity contribution < 1.29 is 19.0 Å². The first kappa shape index (κ1) is 20.4. The maximum Gasteiger partial charge on any atom is 0.259 e. The van der Waals surface area contributed by atoms with Gasteiger partial charge in [-0.05, 0) is 44.2 Å². The van der Waals surface area contributed by atoms with Crippen molar-refractivity contribution in [1.29, 1.82) is 0 Å². The summed E-state index contributed by atoms with van der Waals surface area (Å²) in [6.07, 6.45) is 1.56. The van der Waals surface area contributed by atoms with E-state index in [9.17, 15) is 4.79 Å². The third-order valence-electron chi connectivity index (χ3n) is 4.06. The van der Waals surface area contributed by atoms with Crippen LogP contribution in [0.2, 0.25) is 0 Å². The van der Waals surface area contributed by atoms with Gasteiger partial charge in [0.05, 0.1) is 24.1 Å². The monoisotopic (exact) mass is 392 g/mol. The van der Waals surface area contributed by atoms with Crippen LogP contribution in [0.3, 0.4) is 0 Å². The zero-order chi connectivity index (χ0) is 20.5. The van der Waals surface area contributed by atoms with E-state index in [-0.39, 0.29) is 5.91 Å². The number of hydrogen-bond donors (Lipinski definition) is 1. The molecule has 0 aliphatic carbocycles. The molecule has 0 saturated heterocycles. The Morgan fingerprint density at radius 3 is 2.52 bits per heavy atom. The Balaban J connectivity index is 1.61. The maximum atomic E-state index is 12.7. The number of aromatic nitrogens is 1. The third kappa shape index (κ3) is 6.05. The number of carbonyl (C=O) groups is 1. The number of nitrogens with one attached hydrogen (secondary N) is 1. The van der Waals surface area contributed by atoms with Crippen LogP contribution in [0.5, 0.6) is 17.4 Å². The smallest absolute Gasteiger partial charge is 0.259 e. The van der Waals surface area contributed by atoms with Gasteiger partial charge in [-0.15, -0.1) is 0 Å². The fraction of sp³-hybridized carbons (Fsp3) is 0.217. The van der Waals surface area contributed by atoms with E-state index in [0.29, 0.717) is 48.5 Å². The van der Waals surface area contributed by atoms with Crippen molar-refractivity contribution in [1.82, 2.24) is 4.98 Å². The zero-order valence-corrected chi connectivity index (χ0v) is 16.6. The first-order valence-corrected chi connectivity index (χ1v) is 9.47. The summed E-state index contributed by atoms with van der Waals surface area (Å²) >= 11 is 0. The van der Waals surface area contributed by atoms with E-state index >= 15 is 0 Å². The highest BCUT2D eigenvalue weighted by atomic mass is 16.5. The normalized spacial score (nSPS) is 10.4. The molecule has 0 fully saturated rings. The highest BCUT2D eigenvalue weighted by Gasteiger charge is 2.13. The Hall–Kier alpha value is -3.38. The van der Waals surface area contributed by atoms with Gasteiger partial charge in [-0.3, -0.25) is 4.79 Å². The second-order valence-corrected chi connectivity index (χ2v) is 6.30. The van der Waals surface area contributed by atoms with Gasteiger partial charge in [-0.25, -0.2) is 4.98 Å². The van der Waals surface area contributed by atoms with Crippen molar-refractivity contribution in [3.05, 3.63) is 78.0 Å². The first-order chi connectivity index (χ1) is 14.2. The molecule has 1 amide bonds. The number of hydrogen-bond acceptors (Lipinski definition) is 5. The number of para-hydroxylation sites is 1. The first-order valence-electron chi connectivity index (χ1n) is 9.47. The molecule has 3 rings (SSSR count). The van der Waals surface area contributed by atoms with Gasteiger partial charge in [0, 0.05) is 12.7 Å². The summed E-state index contributed by atoms with van der Waals surface area (Å²) in [5.74, 6) is 1.40. The van der Waals surface area contributed by atoms with Gasteiger partial charge < -0.3 is 19.5 Å². The Kier molecular flexibility index (Phi) is 7.19. The van der Waals surface area contributed by atoms with Crippen LogP contribution >= 0.6 is 0 Å². The van der Waals surface area contributed by atoms with Gasteiger partial charge in [-0.1, -0.05) is 29.8 Å². The number of nitrogens with zero attached hydrogens (tertiary/aromatic N) is 1. The molecule has 0 radical (unpaired) electrons. The molecule has 1 N–H and O–H groups in total. The molecule has 2 aromatic carbocycles. The van der Waals surface area contributed by atoms with Gasteiger partial charge >= 0.3 is 0 Å². The van der Waals surface area contributed by atoms with E-state index in [1.165, 1.54) is 0 Å². The minimum Gasteiger partial charge on any atom is -0.490 e. The lowest BCUT2D eigenvalue weighted by molar-refractivity contribution is 0.0998. The van der Waals surface area contributed by atoms with Crippen LogP contribution in [0.1, 0.15) is 22.8 Å². The summed E-state index contributed by atoms with van der Waals surface area (Å²) in [6.45, 7) is 5.42. The summed E-state index contributed by atoms with van der Waals surface area (Å²) in [4.78, 5) is 16.9. The predicted molar refractivity (Wildman–Crippen MR) is 112 cm³/mol. The third-order valence-corrected chi connectivity index (χ3v) is 4.06. The van der Waals surface area contributed by atoms with Crippen LogP contribution in [0, 0.1) is 6.92 Å². The Morgan fingerprint density at radius 2 is 1.79 bits per heavy atom. The lowest BCUT2D eigenvalue weighted by Gasteiger charge is -2.12. The molecule has 150 valence electrons. The molecule has 0 atom stereocenters. The summed E-state index contributed by atoms with van der Waals surface area (Å²) in [5.41, 5.74) is 2.17. The average molecular weight is 392 g/mol. The van der Waals surface area contributed by atoms with E-state index in [2.05, 4.69) is 10.3 Å². The number of rotatable bonds is 9. The summed E-state index contributed by atoms with van der Waals surface area (Å²) < 4.78 is 16.6. The number of aryl methyl sites for hydroxylation is 1. The molecule has 0 spiro atoms. The van der Waals surface area contributed by atoms with Crippen molar-refractivity contribution in [3.63, 3.8) is 0 Å². The molecule has 29 heavy (non-hydrogen) atoms. The van der Waals surface area contributed by atoms with Crippen LogP contribution in [0.25, 0.3) is 0 Å². The highest BCUT2D eigenvalue weighted by molar-refractivity contribution is 6.06. The van der Waals surface area contributed by atoms with Crippen LogP contribution < -0.4 is 14.8 Å². The fourth-order valence-electron chi connectivity index (χ4n) is 2.58. The minimum absolute atomic E-state index is 0.272. The van der Waals surface area contributed by atoms with Crippen molar-refractivity contribution in [2.24, 2.45) is 0 Å². The quantitative estimate of drug-likeness (QED) is 0.527. The average Bonchev–Trinajstić information content (AvgIpc) is 2.74. The van der Waals surface area contributed by atoms with Crippen molar-refractivity contribution in [2.45, 2.75) is 13.8 Å². The molecule has 0 unspecified atom stereocenters. The van der Waals surface area contributed by atoms with Crippen molar-refractivity contribution in [3.8, 4) is 17.4 Å². The molecule has 3 aromatic rings. The molecular formula is C23H24N2O4. The molecule has 0 saturated carbocycles. The lowest BCUT2D eigenvalue weighted by atomic mass is 10.2. The number of amides is 1. The standard InChI is InChI=1S/C23H24N2O4/c1-3-27-14-15-28-21-7-5-4-6-20(21)23(26)25-18-10-13-22(24-16-18)29-19-11-8-17(2)9-12-19/h4-13,16H,3,14-15H2,1-2H3,(H,25,26). The molecule has 0 bridgehead atoms. The van der Waals surface area contributed by atoms with Crippen LogP contribution in [0.4, 0.5) is 5.69 Å². The van der Waals surface area contributed by atoms with Gasteiger partial charge in [0.15, 0.2) is 0 Å². The number of benzene rings is 2. The SMILES string of the molecule is CCOCCOc1ccccc1C(=O)Nc1ccc(Oc2ccc(C)cc2)nc1. The lowest BCUT2D eigenvalue weighted by Crippen LogP contribution is -2.15. The Morgan fingerprint density at radius 1 is 1.00 bits per heavy atom. The second kappa shape index (κ2) is 10.2. The molecule has 6 heteroatoms. The number of carbonyl (C=O) groups excluding carboxylic acids is 1. The van der Waals surface area contributed by atoms with Crippen molar-refractivity contribution in [2.75, 3.05) is 25.1 Å². The van der Waals surface area contributed by atoms with Crippen LogP contribution in [0.15, 0.2) is 66.9 Å². The van der Waals surface area contributed by atoms with Gasteiger partial charge in [0.1, 0.15) is 18.1 Å². The van der Waals surface area contributed by atoms with Crippen molar-refractivity contribution >= 4 is 11.6 Å². The molecule has 1 heterocycles. The summed E-state index contributed by atoms with van der Waals surface area (Å²) in [5, 5.41) is 2.83. The molecule has 0 aliphatic rings. The highest BCUT2D eigenvalue weighted by Crippen LogP contribution is 2.22. The summed E-state index contributed by atoms with van der Waals surface area (Å²) in [6, 6.07) is 18.3. The molecule has 1 aromatic heterocycles. The molecule has 6 nitrogen and oxygen atoms in total. The topological polar surface area (TPSA) is 69.7 Å². The van der Waals surface area contributed by atoms with E-state index in [0.717, 1.165) is 5.56 Å². The van der Waals surface area contributed by atoms with E-state index < -0.39 is 0 Å². The summed E-state index contributed by atoms with van der Waals surface area (Å²) in [7, 11) is 0.